The van der Waals surface area contributed by atoms with Crippen molar-refractivity contribution in [2.45, 2.75) is 32.2 Å². The van der Waals surface area contributed by atoms with Crippen LogP contribution in [0.3, 0.4) is 0 Å². The summed E-state index contributed by atoms with van der Waals surface area (Å²) >= 11 is 0. The number of nitrogens with zero attached hydrogens (tertiary/aromatic N) is 3. The van der Waals surface area contributed by atoms with Gasteiger partial charge in [0.15, 0.2) is 5.65 Å². The third-order valence-electron chi connectivity index (χ3n) is 4.65. The molecule has 0 unspecified atom stereocenters. The predicted molar refractivity (Wildman–Crippen MR) is 77.4 cm³/mol. The van der Waals surface area contributed by atoms with Gasteiger partial charge in [0.05, 0.1) is 7.11 Å². The van der Waals surface area contributed by atoms with Crippen molar-refractivity contribution >= 4 is 17.1 Å². The number of hydrogen-bond donors (Lipinski definition) is 1. The first-order valence-electron chi connectivity index (χ1n) is 7.43. The monoisotopic (exact) mass is 272 g/mol. The average Bonchev–Trinajstić information content (AvgIpc) is 3.34. The summed E-state index contributed by atoms with van der Waals surface area (Å²) in [7, 11) is 1.63. The van der Waals surface area contributed by atoms with Gasteiger partial charge in [-0.2, -0.15) is 4.98 Å². The van der Waals surface area contributed by atoms with Gasteiger partial charge in [0.25, 0.3) is 0 Å². The summed E-state index contributed by atoms with van der Waals surface area (Å²) < 4.78 is 7.30. The first-order valence-corrected chi connectivity index (χ1v) is 7.43. The fourth-order valence-electron chi connectivity index (χ4n) is 3.24. The fourth-order valence-corrected chi connectivity index (χ4v) is 3.24. The number of anilines is 1. The Balaban J connectivity index is 1.71. The molecule has 2 heterocycles. The van der Waals surface area contributed by atoms with Gasteiger partial charge in [-0.1, -0.05) is 0 Å². The van der Waals surface area contributed by atoms with Gasteiger partial charge in [0.2, 0.25) is 11.8 Å². The molecule has 0 atom stereocenters. The number of fused-ring (bicyclic) bond motifs is 1. The van der Waals surface area contributed by atoms with E-state index in [0.717, 1.165) is 35.5 Å². The molecular formula is C15H20N4O. The molecule has 5 heteroatoms. The second kappa shape index (κ2) is 4.36. The van der Waals surface area contributed by atoms with E-state index in [1.54, 1.807) is 7.11 Å². The van der Waals surface area contributed by atoms with Crippen LogP contribution in [-0.4, -0.2) is 21.6 Å². The van der Waals surface area contributed by atoms with Gasteiger partial charge in [0.1, 0.15) is 5.52 Å². The van der Waals surface area contributed by atoms with Gasteiger partial charge in [-0.05, 0) is 49.5 Å². The van der Waals surface area contributed by atoms with E-state index in [0.29, 0.717) is 11.8 Å². The van der Waals surface area contributed by atoms with Crippen molar-refractivity contribution in [3.63, 3.8) is 0 Å². The lowest BCUT2D eigenvalue weighted by Crippen LogP contribution is -2.17. The SMILES string of the molecule is COc1ccc2nc(N)n(CC(C3CC3)C3CC3)c2n1. The largest absolute Gasteiger partial charge is 0.481 e. The quantitative estimate of drug-likeness (QED) is 0.908. The molecule has 0 amide bonds. The van der Waals surface area contributed by atoms with Crippen molar-refractivity contribution in [3.05, 3.63) is 12.1 Å². The number of pyridine rings is 1. The number of aromatic nitrogens is 3. The maximum atomic E-state index is 6.11. The molecular weight excluding hydrogens is 252 g/mol. The molecule has 20 heavy (non-hydrogen) atoms. The van der Waals surface area contributed by atoms with Crippen LogP contribution < -0.4 is 10.5 Å². The normalized spacial score (nSPS) is 18.9. The zero-order valence-corrected chi connectivity index (χ0v) is 11.7. The number of nitrogens with two attached hydrogens (primary N) is 1. The smallest absolute Gasteiger partial charge is 0.215 e. The van der Waals surface area contributed by atoms with E-state index in [4.69, 9.17) is 10.5 Å². The topological polar surface area (TPSA) is 66.0 Å². The second-order valence-electron chi connectivity index (χ2n) is 6.12. The average molecular weight is 272 g/mol. The lowest BCUT2D eigenvalue weighted by atomic mass is 9.98. The molecule has 0 bridgehead atoms. The molecule has 2 aromatic heterocycles. The van der Waals surface area contributed by atoms with Gasteiger partial charge >= 0.3 is 0 Å². The minimum Gasteiger partial charge on any atom is -0.481 e. The van der Waals surface area contributed by atoms with Gasteiger partial charge < -0.3 is 10.5 Å². The van der Waals surface area contributed by atoms with Crippen LogP contribution in [-0.2, 0) is 6.54 Å². The van der Waals surface area contributed by atoms with E-state index in [9.17, 15) is 0 Å². The van der Waals surface area contributed by atoms with E-state index < -0.39 is 0 Å². The van der Waals surface area contributed by atoms with Crippen molar-refractivity contribution in [2.75, 3.05) is 12.8 Å². The molecule has 0 aromatic carbocycles. The van der Waals surface area contributed by atoms with Crippen molar-refractivity contribution in [3.8, 4) is 5.88 Å². The summed E-state index contributed by atoms with van der Waals surface area (Å²) in [5, 5.41) is 0. The Morgan fingerprint density at radius 1 is 1.25 bits per heavy atom. The Morgan fingerprint density at radius 2 is 1.95 bits per heavy atom. The molecule has 0 aliphatic heterocycles. The molecule has 2 aromatic rings. The number of hydrogen-bond acceptors (Lipinski definition) is 4. The number of imidazole rings is 1. The summed E-state index contributed by atoms with van der Waals surface area (Å²) in [5.74, 6) is 3.73. The third kappa shape index (κ3) is 2.01. The third-order valence-corrected chi connectivity index (χ3v) is 4.65. The van der Waals surface area contributed by atoms with Crippen LogP contribution >= 0.6 is 0 Å². The number of methoxy groups -OCH3 is 1. The number of rotatable bonds is 5. The molecule has 2 saturated carbocycles. The molecule has 0 radical (unpaired) electrons. The Bertz CT molecular complexity index is 631. The maximum Gasteiger partial charge on any atom is 0.215 e. The zero-order valence-electron chi connectivity index (χ0n) is 11.7. The molecule has 0 saturated heterocycles. The highest BCUT2D eigenvalue weighted by atomic mass is 16.5. The minimum absolute atomic E-state index is 0.576. The van der Waals surface area contributed by atoms with Crippen LogP contribution in [0.1, 0.15) is 25.7 Å². The van der Waals surface area contributed by atoms with E-state index in [2.05, 4.69) is 14.5 Å². The van der Waals surface area contributed by atoms with Crippen LogP contribution in [0, 0.1) is 17.8 Å². The summed E-state index contributed by atoms with van der Waals surface area (Å²) in [5.41, 5.74) is 7.82. The lowest BCUT2D eigenvalue weighted by Gasteiger charge is -2.17. The highest BCUT2D eigenvalue weighted by molar-refractivity contribution is 5.74. The molecule has 106 valence electrons. The van der Waals surface area contributed by atoms with Crippen LogP contribution in [0.2, 0.25) is 0 Å². The molecule has 0 spiro atoms. The van der Waals surface area contributed by atoms with Gasteiger partial charge in [-0.3, -0.25) is 4.57 Å². The van der Waals surface area contributed by atoms with Crippen molar-refractivity contribution < 1.29 is 4.74 Å². The first kappa shape index (κ1) is 12.0. The Kier molecular flexibility index (Phi) is 2.62. The molecule has 5 nitrogen and oxygen atoms in total. The predicted octanol–water partition coefficient (Wildman–Crippen LogP) is 2.46. The Morgan fingerprint density at radius 3 is 2.55 bits per heavy atom. The highest BCUT2D eigenvalue weighted by Gasteiger charge is 2.41. The van der Waals surface area contributed by atoms with E-state index >= 15 is 0 Å². The fraction of sp³-hybridized carbons (Fsp3) is 0.600. The van der Waals surface area contributed by atoms with Crippen LogP contribution in [0.5, 0.6) is 5.88 Å². The molecule has 2 N–H and O–H groups in total. The molecule has 2 aliphatic carbocycles. The summed E-state index contributed by atoms with van der Waals surface area (Å²) in [6.07, 6.45) is 5.52. The Hall–Kier alpha value is -1.78. The van der Waals surface area contributed by atoms with Gasteiger partial charge in [-0.25, -0.2) is 4.98 Å². The summed E-state index contributed by atoms with van der Waals surface area (Å²) in [4.78, 5) is 8.95. The van der Waals surface area contributed by atoms with Crippen molar-refractivity contribution in [1.29, 1.82) is 0 Å². The van der Waals surface area contributed by atoms with E-state index in [-0.39, 0.29) is 0 Å². The van der Waals surface area contributed by atoms with E-state index in [1.807, 2.05) is 12.1 Å². The number of nitrogen functional groups attached to an aromatic ring is 1. The van der Waals surface area contributed by atoms with E-state index in [1.165, 1.54) is 25.7 Å². The standard InChI is InChI=1S/C15H20N4O/c1-20-13-7-6-12-14(18-13)19(15(16)17-12)8-11(9-2-3-9)10-4-5-10/h6-7,9-11H,2-5,8H2,1H3,(H2,16,17). The zero-order chi connectivity index (χ0) is 13.7. The van der Waals surface area contributed by atoms with Crippen LogP contribution in [0.4, 0.5) is 5.95 Å². The van der Waals surface area contributed by atoms with Crippen LogP contribution in [0.25, 0.3) is 11.2 Å². The second-order valence-corrected chi connectivity index (χ2v) is 6.12. The lowest BCUT2D eigenvalue weighted by molar-refractivity contribution is 0.353. The van der Waals surface area contributed by atoms with Gasteiger partial charge in [0, 0.05) is 12.6 Å². The van der Waals surface area contributed by atoms with Crippen molar-refractivity contribution in [2.24, 2.45) is 17.8 Å². The molecule has 2 aliphatic rings. The first-order chi connectivity index (χ1) is 9.76. The molecule has 2 fully saturated rings. The maximum absolute atomic E-state index is 6.11. The van der Waals surface area contributed by atoms with Crippen LogP contribution in [0.15, 0.2) is 12.1 Å². The van der Waals surface area contributed by atoms with Gasteiger partial charge in [-0.15, -0.1) is 0 Å². The summed E-state index contributed by atoms with van der Waals surface area (Å²) in [6.45, 7) is 0.956. The van der Waals surface area contributed by atoms with Crippen molar-refractivity contribution in [1.82, 2.24) is 14.5 Å². The Labute approximate surface area is 118 Å². The summed E-state index contributed by atoms with van der Waals surface area (Å²) in [6, 6.07) is 3.76. The number of ether oxygens (including phenoxy) is 1. The minimum atomic E-state index is 0.576. The molecule has 4 rings (SSSR count). The highest BCUT2D eigenvalue weighted by Crippen LogP contribution is 2.50.